The van der Waals surface area contributed by atoms with Crippen molar-refractivity contribution in [3.8, 4) is 11.6 Å². The molecule has 0 aliphatic carbocycles. The van der Waals surface area contributed by atoms with Gasteiger partial charge in [0, 0.05) is 30.9 Å². The van der Waals surface area contributed by atoms with E-state index in [0.29, 0.717) is 11.6 Å². The minimum absolute atomic E-state index is 0.547. The van der Waals surface area contributed by atoms with Gasteiger partial charge in [-0.15, -0.1) is 0 Å². The van der Waals surface area contributed by atoms with Gasteiger partial charge in [0.15, 0.2) is 0 Å². The predicted octanol–water partition coefficient (Wildman–Crippen LogP) is 3.30. The van der Waals surface area contributed by atoms with Crippen molar-refractivity contribution >= 4 is 11.4 Å². The summed E-state index contributed by atoms with van der Waals surface area (Å²) in [7, 11) is 0. The molecule has 0 spiro atoms. The van der Waals surface area contributed by atoms with Gasteiger partial charge in [0.1, 0.15) is 5.75 Å². The first-order chi connectivity index (χ1) is 9.22. The van der Waals surface area contributed by atoms with Crippen LogP contribution in [0.25, 0.3) is 0 Å². The Hall–Kier alpha value is -2.23. The highest BCUT2D eigenvalue weighted by Gasteiger charge is 2.04. The van der Waals surface area contributed by atoms with Crippen LogP contribution in [0.1, 0.15) is 13.8 Å². The Morgan fingerprint density at radius 1 is 1.16 bits per heavy atom. The molecular formula is C15H19N3O. The summed E-state index contributed by atoms with van der Waals surface area (Å²) in [5.74, 6) is 1.33. The maximum atomic E-state index is 5.72. The Morgan fingerprint density at radius 3 is 2.58 bits per heavy atom. The average molecular weight is 257 g/mol. The van der Waals surface area contributed by atoms with Crippen molar-refractivity contribution in [1.29, 1.82) is 0 Å². The topological polar surface area (TPSA) is 51.4 Å². The molecule has 0 amide bonds. The van der Waals surface area contributed by atoms with Crippen LogP contribution in [0.2, 0.25) is 0 Å². The van der Waals surface area contributed by atoms with Crippen LogP contribution in [0, 0.1) is 0 Å². The van der Waals surface area contributed by atoms with E-state index in [1.165, 1.54) is 0 Å². The molecule has 1 aromatic carbocycles. The minimum Gasteiger partial charge on any atom is -0.439 e. The molecule has 0 unspecified atom stereocenters. The number of ether oxygens (including phenoxy) is 1. The SMILES string of the molecule is CCN(CC)c1cccc(Oc2ccc(N)cn2)c1. The largest absolute Gasteiger partial charge is 0.439 e. The number of nitrogen functional groups attached to an aromatic ring is 1. The minimum atomic E-state index is 0.547. The molecule has 100 valence electrons. The molecule has 0 saturated carbocycles. The summed E-state index contributed by atoms with van der Waals surface area (Å²) in [5.41, 5.74) is 7.38. The molecule has 2 aromatic rings. The molecule has 0 saturated heterocycles. The average Bonchev–Trinajstić information content (AvgIpc) is 2.43. The van der Waals surface area contributed by atoms with Crippen LogP contribution < -0.4 is 15.4 Å². The molecule has 0 aliphatic rings. The second-order valence-electron chi connectivity index (χ2n) is 4.20. The summed E-state index contributed by atoms with van der Waals surface area (Å²) in [6.45, 7) is 6.22. The van der Waals surface area contributed by atoms with Crippen molar-refractivity contribution in [2.75, 3.05) is 23.7 Å². The molecule has 4 nitrogen and oxygen atoms in total. The highest BCUT2D eigenvalue weighted by atomic mass is 16.5. The van der Waals surface area contributed by atoms with Gasteiger partial charge in [-0.3, -0.25) is 0 Å². The lowest BCUT2D eigenvalue weighted by atomic mass is 10.2. The number of anilines is 2. The predicted molar refractivity (Wildman–Crippen MR) is 78.7 cm³/mol. The van der Waals surface area contributed by atoms with E-state index in [2.05, 4.69) is 29.8 Å². The number of hydrogen-bond acceptors (Lipinski definition) is 4. The van der Waals surface area contributed by atoms with E-state index in [1.54, 1.807) is 18.3 Å². The summed E-state index contributed by atoms with van der Waals surface area (Å²) in [4.78, 5) is 6.39. The molecule has 1 aromatic heterocycles. The second kappa shape index (κ2) is 6.09. The van der Waals surface area contributed by atoms with E-state index >= 15 is 0 Å². The van der Waals surface area contributed by atoms with Gasteiger partial charge in [-0.2, -0.15) is 0 Å². The zero-order chi connectivity index (χ0) is 13.7. The van der Waals surface area contributed by atoms with E-state index in [0.717, 1.165) is 24.5 Å². The number of benzene rings is 1. The highest BCUT2D eigenvalue weighted by molar-refractivity contribution is 5.51. The zero-order valence-corrected chi connectivity index (χ0v) is 11.3. The van der Waals surface area contributed by atoms with E-state index in [9.17, 15) is 0 Å². The number of hydrogen-bond donors (Lipinski definition) is 1. The number of rotatable bonds is 5. The summed E-state index contributed by atoms with van der Waals surface area (Å²) in [6.07, 6.45) is 1.59. The third-order valence-corrected chi connectivity index (χ3v) is 2.93. The van der Waals surface area contributed by atoms with Crippen molar-refractivity contribution in [3.63, 3.8) is 0 Å². The van der Waals surface area contributed by atoms with Crippen LogP contribution in [0.3, 0.4) is 0 Å². The van der Waals surface area contributed by atoms with E-state index in [1.807, 2.05) is 18.2 Å². The Morgan fingerprint density at radius 2 is 1.95 bits per heavy atom. The lowest BCUT2D eigenvalue weighted by Crippen LogP contribution is -2.21. The van der Waals surface area contributed by atoms with E-state index < -0.39 is 0 Å². The van der Waals surface area contributed by atoms with Crippen molar-refractivity contribution < 1.29 is 4.74 Å². The number of nitrogens with zero attached hydrogens (tertiary/aromatic N) is 2. The first-order valence-corrected chi connectivity index (χ1v) is 6.47. The lowest BCUT2D eigenvalue weighted by molar-refractivity contribution is 0.463. The first-order valence-electron chi connectivity index (χ1n) is 6.47. The fraction of sp³-hybridized carbons (Fsp3) is 0.267. The number of nitrogens with two attached hydrogens (primary N) is 1. The molecule has 0 atom stereocenters. The van der Waals surface area contributed by atoms with Crippen LogP contribution >= 0.6 is 0 Å². The van der Waals surface area contributed by atoms with Gasteiger partial charge in [-0.1, -0.05) is 6.07 Å². The third-order valence-electron chi connectivity index (χ3n) is 2.93. The Balaban J connectivity index is 2.17. The molecular weight excluding hydrogens is 238 g/mol. The quantitative estimate of drug-likeness (QED) is 0.893. The highest BCUT2D eigenvalue weighted by Crippen LogP contribution is 2.25. The van der Waals surface area contributed by atoms with Crippen LogP contribution in [-0.2, 0) is 0 Å². The Bertz CT molecular complexity index is 521. The van der Waals surface area contributed by atoms with Crippen LogP contribution in [0.15, 0.2) is 42.6 Å². The fourth-order valence-corrected chi connectivity index (χ4v) is 1.91. The molecule has 0 fully saturated rings. The molecule has 0 aliphatic heterocycles. The van der Waals surface area contributed by atoms with Crippen LogP contribution in [-0.4, -0.2) is 18.1 Å². The van der Waals surface area contributed by atoms with Gasteiger partial charge in [-0.25, -0.2) is 4.98 Å². The van der Waals surface area contributed by atoms with Gasteiger partial charge in [0.05, 0.1) is 11.9 Å². The maximum absolute atomic E-state index is 5.72. The molecule has 2 N–H and O–H groups in total. The second-order valence-corrected chi connectivity index (χ2v) is 4.20. The molecule has 2 rings (SSSR count). The van der Waals surface area contributed by atoms with Gasteiger partial charge in [0.25, 0.3) is 0 Å². The lowest BCUT2D eigenvalue weighted by Gasteiger charge is -2.21. The molecule has 1 heterocycles. The number of aromatic nitrogens is 1. The summed E-state index contributed by atoms with van der Waals surface area (Å²) >= 11 is 0. The molecule has 0 radical (unpaired) electrons. The summed E-state index contributed by atoms with van der Waals surface area (Å²) in [6, 6.07) is 11.5. The smallest absolute Gasteiger partial charge is 0.219 e. The molecule has 0 bridgehead atoms. The normalized spacial score (nSPS) is 10.2. The summed E-state index contributed by atoms with van der Waals surface area (Å²) in [5, 5.41) is 0. The van der Waals surface area contributed by atoms with Crippen molar-refractivity contribution in [3.05, 3.63) is 42.6 Å². The van der Waals surface area contributed by atoms with Crippen molar-refractivity contribution in [2.24, 2.45) is 0 Å². The molecule has 19 heavy (non-hydrogen) atoms. The van der Waals surface area contributed by atoms with Crippen LogP contribution in [0.5, 0.6) is 11.6 Å². The van der Waals surface area contributed by atoms with Gasteiger partial charge < -0.3 is 15.4 Å². The van der Waals surface area contributed by atoms with E-state index in [-0.39, 0.29) is 0 Å². The molecule has 4 heteroatoms. The summed E-state index contributed by atoms with van der Waals surface area (Å²) < 4.78 is 5.72. The van der Waals surface area contributed by atoms with Crippen LogP contribution in [0.4, 0.5) is 11.4 Å². The standard InChI is InChI=1S/C15H19N3O/c1-3-18(4-2)13-6-5-7-14(10-13)19-15-9-8-12(16)11-17-15/h5-11H,3-4,16H2,1-2H3. The fourth-order valence-electron chi connectivity index (χ4n) is 1.91. The third kappa shape index (κ3) is 3.37. The number of pyridine rings is 1. The Labute approximate surface area is 113 Å². The van der Waals surface area contributed by atoms with Crippen molar-refractivity contribution in [2.45, 2.75) is 13.8 Å². The Kier molecular flexibility index (Phi) is 4.23. The zero-order valence-electron chi connectivity index (χ0n) is 11.3. The first kappa shape index (κ1) is 13.2. The van der Waals surface area contributed by atoms with Gasteiger partial charge >= 0.3 is 0 Å². The van der Waals surface area contributed by atoms with Crippen molar-refractivity contribution in [1.82, 2.24) is 4.98 Å². The monoisotopic (exact) mass is 257 g/mol. The van der Waals surface area contributed by atoms with Gasteiger partial charge in [0.2, 0.25) is 5.88 Å². The van der Waals surface area contributed by atoms with E-state index in [4.69, 9.17) is 10.5 Å². The maximum Gasteiger partial charge on any atom is 0.219 e. The van der Waals surface area contributed by atoms with Gasteiger partial charge in [-0.05, 0) is 32.0 Å².